The molecule has 0 fully saturated rings. The van der Waals surface area contributed by atoms with Crippen molar-refractivity contribution < 1.29 is 14.6 Å². The maximum absolute atomic E-state index is 10.6. The Morgan fingerprint density at radius 2 is 2.31 bits per heavy atom. The van der Waals surface area contributed by atoms with Gasteiger partial charge in [0.1, 0.15) is 5.75 Å². The van der Waals surface area contributed by atoms with Crippen LogP contribution in [0.5, 0.6) is 5.75 Å². The van der Waals surface area contributed by atoms with Gasteiger partial charge in [-0.15, -0.1) is 0 Å². The number of carbonyl (C=O) groups is 1. The molecule has 0 amide bonds. The lowest BCUT2D eigenvalue weighted by molar-refractivity contribution is 0.111. The third kappa shape index (κ3) is 2.08. The monoisotopic (exact) mass is 244 g/mol. The fourth-order valence-electron chi connectivity index (χ4n) is 1.04. The molecule has 3 nitrogen and oxygen atoms in total. The first-order chi connectivity index (χ1) is 6.20. The summed E-state index contributed by atoms with van der Waals surface area (Å²) in [6.07, 6.45) is 0.619. The number of carbonyl (C=O) groups excluding carboxylic acids is 1. The molecule has 0 bridgehead atoms. The van der Waals surface area contributed by atoms with E-state index in [0.29, 0.717) is 22.9 Å². The van der Waals surface area contributed by atoms with E-state index in [1.165, 1.54) is 7.11 Å². The van der Waals surface area contributed by atoms with E-state index in [1.54, 1.807) is 12.1 Å². The molecule has 0 unspecified atom stereocenters. The van der Waals surface area contributed by atoms with E-state index in [1.807, 2.05) is 0 Å². The minimum absolute atomic E-state index is 0.0375. The van der Waals surface area contributed by atoms with Gasteiger partial charge in [-0.05, 0) is 27.6 Å². The third-order valence-corrected chi connectivity index (χ3v) is 2.32. The van der Waals surface area contributed by atoms with Crippen molar-refractivity contribution in [2.75, 3.05) is 7.11 Å². The van der Waals surface area contributed by atoms with Gasteiger partial charge in [0.2, 0.25) is 0 Å². The molecule has 0 radical (unpaired) electrons. The first-order valence-electron chi connectivity index (χ1n) is 3.65. The van der Waals surface area contributed by atoms with Crippen LogP contribution in [0.3, 0.4) is 0 Å². The highest BCUT2D eigenvalue weighted by Gasteiger charge is 2.09. The van der Waals surface area contributed by atoms with E-state index in [0.717, 1.165) is 0 Å². The van der Waals surface area contributed by atoms with Gasteiger partial charge in [-0.3, -0.25) is 4.79 Å². The number of halogens is 1. The lowest BCUT2D eigenvalue weighted by Gasteiger charge is -2.06. The van der Waals surface area contributed by atoms with Crippen LogP contribution in [-0.4, -0.2) is 18.5 Å². The predicted octanol–water partition coefficient (Wildman–Crippen LogP) is 2.11. The normalized spacial score (nSPS) is 10.0. The van der Waals surface area contributed by atoms with Gasteiger partial charge in [0.25, 0.3) is 0 Å². The summed E-state index contributed by atoms with van der Waals surface area (Å²) < 4.78 is 5.39. The molecular weight excluding hydrogens is 236 g/mol. The molecule has 1 aromatic carbocycles. The summed E-state index contributed by atoms with van der Waals surface area (Å²) in [5.74, 6) is -0.0375. The number of aromatic hydroxyl groups is 1. The highest BCUT2D eigenvalue weighted by molar-refractivity contribution is 9.10. The van der Waals surface area contributed by atoms with E-state index >= 15 is 0 Å². The van der Waals surface area contributed by atoms with Gasteiger partial charge in [0, 0.05) is 7.11 Å². The Morgan fingerprint density at radius 3 is 2.85 bits per heavy atom. The van der Waals surface area contributed by atoms with Gasteiger partial charge >= 0.3 is 0 Å². The number of phenols is 1. The number of methoxy groups -OCH3 is 1. The Kier molecular flexibility index (Phi) is 3.45. The van der Waals surface area contributed by atoms with Crippen LogP contribution in [-0.2, 0) is 11.3 Å². The van der Waals surface area contributed by atoms with Crippen molar-refractivity contribution in [2.45, 2.75) is 6.61 Å². The Labute approximate surface area is 84.5 Å². The molecule has 1 rings (SSSR count). The van der Waals surface area contributed by atoms with E-state index in [9.17, 15) is 9.90 Å². The van der Waals surface area contributed by atoms with Crippen LogP contribution in [0.2, 0.25) is 0 Å². The molecule has 0 saturated heterocycles. The van der Waals surface area contributed by atoms with Gasteiger partial charge < -0.3 is 9.84 Å². The van der Waals surface area contributed by atoms with E-state index < -0.39 is 0 Å². The fourth-order valence-corrected chi connectivity index (χ4v) is 1.38. The molecule has 4 heteroatoms. The first kappa shape index (κ1) is 10.2. The second-order valence-electron chi connectivity index (χ2n) is 2.52. The van der Waals surface area contributed by atoms with Crippen molar-refractivity contribution in [1.82, 2.24) is 0 Å². The summed E-state index contributed by atoms with van der Waals surface area (Å²) in [4.78, 5) is 10.6. The number of ether oxygens (including phenoxy) is 1. The summed E-state index contributed by atoms with van der Waals surface area (Å²) in [6.45, 7) is 0.314. The second kappa shape index (κ2) is 4.39. The Hall–Kier alpha value is -0.870. The number of aldehydes is 1. The van der Waals surface area contributed by atoms with Crippen LogP contribution in [0.4, 0.5) is 0 Å². The highest BCUT2D eigenvalue weighted by Crippen LogP contribution is 2.29. The predicted molar refractivity (Wildman–Crippen MR) is 51.9 cm³/mol. The van der Waals surface area contributed by atoms with Crippen LogP contribution in [0.1, 0.15) is 15.9 Å². The minimum atomic E-state index is -0.0375. The Balaban J connectivity index is 3.21. The largest absolute Gasteiger partial charge is 0.506 e. The maximum atomic E-state index is 10.6. The molecule has 0 saturated carbocycles. The number of hydrogen-bond donors (Lipinski definition) is 1. The van der Waals surface area contributed by atoms with Crippen molar-refractivity contribution in [3.63, 3.8) is 0 Å². The Bertz CT molecular complexity index is 323. The van der Waals surface area contributed by atoms with Crippen LogP contribution in [0, 0.1) is 0 Å². The number of hydrogen-bond acceptors (Lipinski definition) is 3. The zero-order chi connectivity index (χ0) is 9.84. The lowest BCUT2D eigenvalue weighted by atomic mass is 10.1. The zero-order valence-electron chi connectivity index (χ0n) is 7.08. The number of benzene rings is 1. The SMILES string of the molecule is COCc1ccc(Br)c(O)c1C=O. The standard InChI is InChI=1S/C9H9BrO3/c1-13-5-6-2-3-8(10)9(12)7(6)4-11/h2-4,12H,5H2,1H3. The molecule has 1 aromatic rings. The Morgan fingerprint density at radius 1 is 1.62 bits per heavy atom. The van der Waals surface area contributed by atoms with Crippen molar-refractivity contribution >= 4 is 22.2 Å². The number of phenolic OH excluding ortho intramolecular Hbond substituents is 1. The zero-order valence-corrected chi connectivity index (χ0v) is 8.67. The van der Waals surface area contributed by atoms with E-state index in [-0.39, 0.29) is 11.3 Å². The first-order valence-corrected chi connectivity index (χ1v) is 4.44. The van der Waals surface area contributed by atoms with Crippen molar-refractivity contribution in [3.8, 4) is 5.75 Å². The second-order valence-corrected chi connectivity index (χ2v) is 3.37. The van der Waals surface area contributed by atoms with Gasteiger partial charge in [-0.25, -0.2) is 0 Å². The molecule has 70 valence electrons. The van der Waals surface area contributed by atoms with Crippen LogP contribution in [0.15, 0.2) is 16.6 Å². The molecule has 0 aliphatic rings. The van der Waals surface area contributed by atoms with Gasteiger partial charge in [0.15, 0.2) is 6.29 Å². The summed E-state index contributed by atoms with van der Waals surface area (Å²) in [5.41, 5.74) is 0.953. The summed E-state index contributed by atoms with van der Waals surface area (Å²) in [5, 5.41) is 9.47. The molecule has 0 aliphatic carbocycles. The van der Waals surface area contributed by atoms with E-state index in [2.05, 4.69) is 15.9 Å². The maximum Gasteiger partial charge on any atom is 0.154 e. The van der Waals surface area contributed by atoms with Gasteiger partial charge in [-0.2, -0.15) is 0 Å². The average Bonchev–Trinajstić information content (AvgIpc) is 2.12. The average molecular weight is 245 g/mol. The van der Waals surface area contributed by atoms with Gasteiger partial charge in [0.05, 0.1) is 16.6 Å². The molecule has 13 heavy (non-hydrogen) atoms. The molecule has 0 aromatic heterocycles. The smallest absolute Gasteiger partial charge is 0.154 e. The van der Waals surface area contributed by atoms with Gasteiger partial charge in [-0.1, -0.05) is 6.07 Å². The highest BCUT2D eigenvalue weighted by atomic mass is 79.9. The topological polar surface area (TPSA) is 46.5 Å². The molecule has 1 N–H and O–H groups in total. The van der Waals surface area contributed by atoms with E-state index in [4.69, 9.17) is 4.74 Å². The molecule has 0 spiro atoms. The lowest BCUT2D eigenvalue weighted by Crippen LogP contribution is -1.95. The van der Waals surface area contributed by atoms with Crippen molar-refractivity contribution in [2.24, 2.45) is 0 Å². The van der Waals surface area contributed by atoms with Crippen molar-refractivity contribution in [1.29, 1.82) is 0 Å². The minimum Gasteiger partial charge on any atom is -0.506 e. The molecule has 0 atom stereocenters. The third-order valence-electron chi connectivity index (χ3n) is 1.68. The van der Waals surface area contributed by atoms with Crippen LogP contribution >= 0.6 is 15.9 Å². The molecular formula is C9H9BrO3. The number of rotatable bonds is 3. The summed E-state index contributed by atoms with van der Waals surface area (Å²) in [6, 6.07) is 3.41. The van der Waals surface area contributed by atoms with Crippen molar-refractivity contribution in [3.05, 3.63) is 27.7 Å². The summed E-state index contributed by atoms with van der Waals surface area (Å²) in [7, 11) is 1.54. The summed E-state index contributed by atoms with van der Waals surface area (Å²) >= 11 is 3.12. The fraction of sp³-hybridized carbons (Fsp3) is 0.222. The quantitative estimate of drug-likeness (QED) is 0.829. The molecule has 0 aliphatic heterocycles. The van der Waals surface area contributed by atoms with Crippen LogP contribution < -0.4 is 0 Å². The molecule has 0 heterocycles. The van der Waals surface area contributed by atoms with Crippen LogP contribution in [0.25, 0.3) is 0 Å².